The molecule has 1 aromatic rings. The molecule has 1 unspecified atom stereocenters. The maximum absolute atomic E-state index is 11.6. The largest absolute Gasteiger partial charge is 0.436 e. The average molecular weight is 153 g/mol. The molecule has 1 aromatic heterocycles. The molecule has 0 saturated heterocycles. The second-order valence-corrected chi connectivity index (χ2v) is 2.53. The average Bonchev–Trinajstić information content (AvgIpc) is 2.08. The Balaban J connectivity index is 2.90. The summed E-state index contributed by atoms with van der Waals surface area (Å²) in [5, 5.41) is 0. The molecule has 5 heteroatoms. The zero-order valence-electron chi connectivity index (χ0n) is 4.24. The Hall–Kier alpha value is -0.500. The Bertz CT molecular complexity index is 178. The van der Waals surface area contributed by atoms with Gasteiger partial charge in [0.25, 0.3) is 0 Å². The van der Waals surface area contributed by atoms with Crippen molar-refractivity contribution in [3.05, 3.63) is 17.4 Å². The Kier molecular flexibility index (Phi) is 1.49. The molecule has 0 aliphatic rings. The monoisotopic (exact) mass is 153 g/mol. The molecule has 0 amide bonds. The molecule has 0 bridgehead atoms. The molecular formula is C4H3F3NP. The fourth-order valence-corrected chi connectivity index (χ4v) is 1.04. The molecule has 0 fully saturated rings. The van der Waals surface area contributed by atoms with Crippen molar-refractivity contribution < 1.29 is 13.2 Å². The van der Waals surface area contributed by atoms with Crippen LogP contribution in [0.1, 0.15) is 5.43 Å². The van der Waals surface area contributed by atoms with E-state index in [-0.39, 0.29) is 8.19 Å². The van der Waals surface area contributed by atoms with Gasteiger partial charge in [0.2, 0.25) is 0 Å². The van der Waals surface area contributed by atoms with Crippen molar-refractivity contribution in [1.29, 1.82) is 0 Å². The summed E-state index contributed by atoms with van der Waals surface area (Å²) in [6.07, 6.45) is -3.04. The minimum atomic E-state index is -4.22. The molecule has 50 valence electrons. The van der Waals surface area contributed by atoms with Crippen LogP contribution in [0, 0.1) is 0 Å². The second-order valence-electron chi connectivity index (χ2n) is 1.44. The molecule has 9 heavy (non-hydrogen) atoms. The van der Waals surface area contributed by atoms with Crippen LogP contribution >= 0.6 is 8.19 Å². The van der Waals surface area contributed by atoms with Crippen LogP contribution in [0.4, 0.5) is 13.2 Å². The van der Waals surface area contributed by atoms with E-state index in [0.717, 1.165) is 0 Å². The van der Waals surface area contributed by atoms with E-state index < -0.39 is 11.6 Å². The van der Waals surface area contributed by atoms with Gasteiger partial charge in [-0.2, -0.15) is 13.2 Å². The molecule has 1 atom stereocenters. The molecule has 1 nitrogen and oxygen atoms in total. The number of hydrogen-bond acceptors (Lipinski definition) is 1. The lowest BCUT2D eigenvalue weighted by atomic mass is 10.7. The Morgan fingerprint density at radius 1 is 1.44 bits per heavy atom. The van der Waals surface area contributed by atoms with Crippen molar-refractivity contribution >= 4 is 8.19 Å². The van der Waals surface area contributed by atoms with Crippen molar-refractivity contribution in [1.82, 2.24) is 4.98 Å². The third kappa shape index (κ3) is 1.45. The maximum atomic E-state index is 11.6. The number of aromatic nitrogens is 1. The summed E-state index contributed by atoms with van der Waals surface area (Å²) in [6, 6.07) is 0. The molecule has 1 rings (SSSR count). The van der Waals surface area contributed by atoms with Gasteiger partial charge in [0.15, 0.2) is 5.43 Å². The fourth-order valence-electron chi connectivity index (χ4n) is 0.420. The standard InChI is InChI=1S/C4H3F3NP/c5-4(6,7)3-8-1-2-9-3/h1-2,9H. The molecule has 0 radical (unpaired) electrons. The summed E-state index contributed by atoms with van der Waals surface area (Å²) in [5.41, 5.74) is -0.678. The van der Waals surface area contributed by atoms with Crippen LogP contribution in [0.25, 0.3) is 0 Å². The van der Waals surface area contributed by atoms with Crippen LogP contribution in [0.5, 0.6) is 0 Å². The molecule has 1 heterocycles. The number of halogens is 3. The van der Waals surface area contributed by atoms with E-state index >= 15 is 0 Å². The predicted molar refractivity (Wildman–Crippen MR) is 28.7 cm³/mol. The Morgan fingerprint density at radius 2 is 2.11 bits per heavy atom. The van der Waals surface area contributed by atoms with Crippen molar-refractivity contribution in [3.63, 3.8) is 0 Å². The van der Waals surface area contributed by atoms with Crippen LogP contribution in [-0.4, -0.2) is 4.98 Å². The summed E-state index contributed by atoms with van der Waals surface area (Å²) in [5.74, 6) is 1.41. The molecule has 0 aromatic carbocycles. The molecule has 0 spiro atoms. The van der Waals surface area contributed by atoms with E-state index in [4.69, 9.17) is 0 Å². The van der Waals surface area contributed by atoms with Gasteiger partial charge in [-0.3, -0.25) is 0 Å². The van der Waals surface area contributed by atoms with Crippen molar-refractivity contribution in [2.75, 3.05) is 0 Å². The number of nitrogens with zero attached hydrogens (tertiary/aromatic N) is 1. The third-order valence-electron chi connectivity index (χ3n) is 0.767. The highest BCUT2D eigenvalue weighted by atomic mass is 31.0. The summed E-state index contributed by atoms with van der Waals surface area (Å²) >= 11 is 0. The van der Waals surface area contributed by atoms with Gasteiger partial charge in [0, 0.05) is 6.20 Å². The molecule has 0 aliphatic carbocycles. The first kappa shape index (κ1) is 6.62. The van der Waals surface area contributed by atoms with Crippen molar-refractivity contribution in [2.45, 2.75) is 6.18 Å². The first-order valence-corrected chi connectivity index (χ1v) is 3.25. The quantitative estimate of drug-likeness (QED) is 0.556. The normalized spacial score (nSPS) is 12.8. The molecule has 0 aliphatic heterocycles. The van der Waals surface area contributed by atoms with Gasteiger partial charge in [0.05, 0.1) is 0 Å². The van der Waals surface area contributed by atoms with Gasteiger partial charge in [-0.15, -0.1) is 8.19 Å². The fraction of sp³-hybridized carbons (Fsp3) is 0.250. The van der Waals surface area contributed by atoms with Gasteiger partial charge in [0.1, 0.15) is 0 Å². The van der Waals surface area contributed by atoms with Gasteiger partial charge in [-0.25, -0.2) is 4.98 Å². The van der Waals surface area contributed by atoms with Crippen LogP contribution in [-0.2, 0) is 6.18 Å². The zero-order chi connectivity index (χ0) is 6.91. The summed E-state index contributed by atoms with van der Waals surface area (Å²) in [4.78, 5) is 3.13. The summed E-state index contributed by atoms with van der Waals surface area (Å²) < 4.78 is 34.8. The lowest BCUT2D eigenvalue weighted by Gasteiger charge is -1.98. The van der Waals surface area contributed by atoms with E-state index in [9.17, 15) is 13.2 Å². The van der Waals surface area contributed by atoms with Crippen molar-refractivity contribution in [3.8, 4) is 0 Å². The lowest BCUT2D eigenvalue weighted by Crippen LogP contribution is -2.02. The van der Waals surface area contributed by atoms with E-state index in [2.05, 4.69) is 4.98 Å². The Labute approximate surface area is 51.0 Å². The van der Waals surface area contributed by atoms with Gasteiger partial charge in [-0.05, 0) is 5.80 Å². The SMILES string of the molecule is FC(F)(F)c1ncc[pH]1. The minimum absolute atomic E-state index is 0.304. The van der Waals surface area contributed by atoms with Crippen LogP contribution in [0.3, 0.4) is 0 Å². The lowest BCUT2D eigenvalue weighted by molar-refractivity contribution is -0.137. The Morgan fingerprint density at radius 3 is 2.33 bits per heavy atom. The molecular weight excluding hydrogens is 150 g/mol. The van der Waals surface area contributed by atoms with Gasteiger partial charge < -0.3 is 0 Å². The first-order valence-electron chi connectivity index (χ1n) is 2.17. The smallest absolute Gasteiger partial charge is 0.248 e. The minimum Gasteiger partial charge on any atom is -0.248 e. The number of alkyl halides is 3. The van der Waals surface area contributed by atoms with Crippen molar-refractivity contribution in [2.24, 2.45) is 0 Å². The summed E-state index contributed by atoms with van der Waals surface area (Å²) in [7, 11) is -0.304. The first-order chi connectivity index (χ1) is 4.11. The molecule has 0 N–H and O–H groups in total. The maximum Gasteiger partial charge on any atom is 0.436 e. The van der Waals surface area contributed by atoms with E-state index in [1.807, 2.05) is 0 Å². The molecule has 0 saturated carbocycles. The van der Waals surface area contributed by atoms with E-state index in [0.29, 0.717) is 0 Å². The highest BCUT2D eigenvalue weighted by Gasteiger charge is 2.32. The number of hydrogen-bond donors (Lipinski definition) is 0. The van der Waals surface area contributed by atoms with E-state index in [1.54, 1.807) is 0 Å². The zero-order valence-corrected chi connectivity index (χ0v) is 5.24. The predicted octanol–water partition coefficient (Wildman–Crippen LogP) is 2.13. The van der Waals surface area contributed by atoms with Gasteiger partial charge >= 0.3 is 6.18 Å². The third-order valence-corrected chi connectivity index (χ3v) is 1.77. The van der Waals surface area contributed by atoms with E-state index in [1.165, 1.54) is 12.0 Å². The number of rotatable bonds is 0. The van der Waals surface area contributed by atoms with Crippen LogP contribution < -0.4 is 0 Å². The highest BCUT2D eigenvalue weighted by molar-refractivity contribution is 7.30. The topological polar surface area (TPSA) is 12.9 Å². The highest BCUT2D eigenvalue weighted by Crippen LogP contribution is 2.32. The van der Waals surface area contributed by atoms with Gasteiger partial charge in [-0.1, -0.05) is 0 Å². The second kappa shape index (κ2) is 2.03. The van der Waals surface area contributed by atoms with Crippen LogP contribution in [0.15, 0.2) is 12.0 Å². The summed E-state index contributed by atoms with van der Waals surface area (Å²) in [6.45, 7) is 0. The van der Waals surface area contributed by atoms with Crippen LogP contribution in [0.2, 0.25) is 0 Å².